The molecule has 3 unspecified atom stereocenters. The Morgan fingerprint density at radius 3 is 2.50 bits per heavy atom. The molecule has 1 aliphatic carbocycles. The van der Waals surface area contributed by atoms with Gasteiger partial charge in [-0.2, -0.15) is 0 Å². The number of hydrogen-bond donors (Lipinski definition) is 3. The molecule has 8 nitrogen and oxygen atoms in total. The lowest BCUT2D eigenvalue weighted by Crippen LogP contribution is -2.65. The lowest BCUT2D eigenvalue weighted by Gasteiger charge is -2.52. The molecule has 5 aliphatic rings. The molecule has 0 aromatic carbocycles. The molecule has 3 N–H and O–H groups in total. The number of rotatable bonds is 8. The summed E-state index contributed by atoms with van der Waals surface area (Å²) in [6, 6.07) is 1.21. The summed E-state index contributed by atoms with van der Waals surface area (Å²) in [5, 5.41) is 24.4. The van der Waals surface area contributed by atoms with Crippen LogP contribution in [0.2, 0.25) is 0 Å². The van der Waals surface area contributed by atoms with E-state index < -0.39 is 12.8 Å². The monoisotopic (exact) mass is 452 g/mol. The molecule has 5 fully saturated rings. The van der Waals surface area contributed by atoms with E-state index >= 15 is 0 Å². The lowest BCUT2D eigenvalue weighted by molar-refractivity contribution is -0.188. The van der Waals surface area contributed by atoms with Gasteiger partial charge < -0.3 is 24.6 Å². The smallest absolute Gasteiger partial charge is 0.216 e. The minimum Gasteiger partial charge on any atom is -0.377 e. The summed E-state index contributed by atoms with van der Waals surface area (Å²) in [6.07, 6.45) is 7.33. The highest BCUT2D eigenvalue weighted by atomic mass is 16.6. The predicted molar refractivity (Wildman–Crippen MR) is 122 cm³/mol. The third-order valence-corrected chi connectivity index (χ3v) is 9.04. The summed E-state index contributed by atoms with van der Waals surface area (Å²) < 4.78 is 10.7. The lowest BCUT2D eigenvalue weighted by atomic mass is 9.64. The minimum absolute atomic E-state index is 0.0787. The van der Waals surface area contributed by atoms with Crippen molar-refractivity contribution in [2.45, 2.75) is 89.2 Å². The van der Waals surface area contributed by atoms with Crippen LogP contribution in [0.3, 0.4) is 0 Å². The SMILES string of the molecule is CCOC(O)N1CCC2(CC(N3CCC(C4CCCN4C(O)NC4(C)COC4)CC3)C2)C1. The number of nitrogens with zero attached hydrogens (tertiary/aromatic N) is 3. The van der Waals surface area contributed by atoms with Crippen molar-refractivity contribution in [2.24, 2.45) is 11.3 Å². The van der Waals surface area contributed by atoms with Crippen LogP contribution in [0.25, 0.3) is 0 Å². The van der Waals surface area contributed by atoms with Crippen molar-refractivity contribution >= 4 is 0 Å². The minimum atomic E-state index is -0.729. The van der Waals surface area contributed by atoms with E-state index in [0.29, 0.717) is 43.2 Å². The normalized spacial score (nSPS) is 38.6. The molecule has 0 aromatic heterocycles. The van der Waals surface area contributed by atoms with E-state index in [1.54, 1.807) is 0 Å². The fourth-order valence-electron chi connectivity index (χ4n) is 7.12. The van der Waals surface area contributed by atoms with Gasteiger partial charge in [-0.1, -0.05) is 0 Å². The van der Waals surface area contributed by atoms with E-state index in [4.69, 9.17) is 9.47 Å². The van der Waals surface area contributed by atoms with Crippen molar-refractivity contribution in [3.05, 3.63) is 0 Å². The fourth-order valence-corrected chi connectivity index (χ4v) is 7.12. The fraction of sp³-hybridized carbons (Fsp3) is 1.00. The van der Waals surface area contributed by atoms with E-state index in [1.807, 2.05) is 6.92 Å². The Balaban J connectivity index is 1.07. The van der Waals surface area contributed by atoms with Gasteiger partial charge in [0.15, 0.2) is 6.35 Å². The van der Waals surface area contributed by atoms with Gasteiger partial charge in [0.25, 0.3) is 0 Å². The van der Waals surface area contributed by atoms with Crippen LogP contribution < -0.4 is 5.32 Å². The molecule has 0 amide bonds. The van der Waals surface area contributed by atoms with Crippen LogP contribution in [-0.4, -0.2) is 108 Å². The highest BCUT2D eigenvalue weighted by Gasteiger charge is 2.51. The second kappa shape index (κ2) is 9.38. The molecule has 4 heterocycles. The number of likely N-dealkylation sites (tertiary alicyclic amines) is 3. The maximum absolute atomic E-state index is 10.9. The van der Waals surface area contributed by atoms with Gasteiger partial charge in [-0.25, -0.2) is 0 Å². The topological polar surface area (TPSA) is 80.7 Å². The number of ether oxygens (including phenoxy) is 2. The third kappa shape index (κ3) is 4.62. The number of aliphatic hydroxyl groups excluding tert-OH is 2. The van der Waals surface area contributed by atoms with E-state index in [1.165, 1.54) is 58.0 Å². The summed E-state index contributed by atoms with van der Waals surface area (Å²) in [5.74, 6) is 0.688. The largest absolute Gasteiger partial charge is 0.377 e. The number of aliphatic hydroxyl groups is 2. The van der Waals surface area contributed by atoms with Gasteiger partial charge >= 0.3 is 0 Å². The van der Waals surface area contributed by atoms with Crippen LogP contribution in [0, 0.1) is 11.3 Å². The molecular weight excluding hydrogens is 408 g/mol. The van der Waals surface area contributed by atoms with Gasteiger partial charge in [-0.05, 0) is 83.2 Å². The molecular formula is C24H44N4O4. The third-order valence-electron chi connectivity index (χ3n) is 9.04. The molecule has 5 rings (SSSR count). The first-order valence-corrected chi connectivity index (χ1v) is 13.0. The van der Waals surface area contributed by atoms with Crippen LogP contribution >= 0.6 is 0 Å². The Bertz CT molecular complexity index is 633. The number of piperidine rings is 1. The van der Waals surface area contributed by atoms with Crippen molar-refractivity contribution in [1.82, 2.24) is 20.0 Å². The molecule has 4 saturated heterocycles. The quantitative estimate of drug-likeness (QED) is 0.471. The van der Waals surface area contributed by atoms with E-state index in [9.17, 15) is 10.2 Å². The van der Waals surface area contributed by atoms with Crippen molar-refractivity contribution in [3.8, 4) is 0 Å². The van der Waals surface area contributed by atoms with Crippen LogP contribution in [0.1, 0.15) is 58.8 Å². The molecule has 32 heavy (non-hydrogen) atoms. The molecule has 1 spiro atoms. The summed E-state index contributed by atoms with van der Waals surface area (Å²) in [5.41, 5.74) is 0.323. The Hall–Kier alpha value is -0.320. The number of nitrogens with one attached hydrogen (secondary N) is 1. The zero-order valence-electron chi connectivity index (χ0n) is 20.0. The Labute approximate surface area is 193 Å². The molecule has 0 bridgehead atoms. The summed E-state index contributed by atoms with van der Waals surface area (Å²) in [7, 11) is 0. The summed E-state index contributed by atoms with van der Waals surface area (Å²) in [4.78, 5) is 7.15. The predicted octanol–water partition coefficient (Wildman–Crippen LogP) is 0.984. The van der Waals surface area contributed by atoms with Gasteiger partial charge in [0, 0.05) is 38.3 Å². The Morgan fingerprint density at radius 2 is 1.84 bits per heavy atom. The highest BCUT2D eigenvalue weighted by Crippen LogP contribution is 2.51. The summed E-state index contributed by atoms with van der Waals surface area (Å²) >= 11 is 0. The van der Waals surface area contributed by atoms with Crippen LogP contribution in [0.4, 0.5) is 0 Å². The van der Waals surface area contributed by atoms with Crippen molar-refractivity contribution in [1.29, 1.82) is 0 Å². The Morgan fingerprint density at radius 1 is 1.09 bits per heavy atom. The van der Waals surface area contributed by atoms with Crippen molar-refractivity contribution in [3.63, 3.8) is 0 Å². The molecule has 184 valence electrons. The number of hydrogen-bond acceptors (Lipinski definition) is 8. The van der Waals surface area contributed by atoms with Crippen LogP contribution in [0.15, 0.2) is 0 Å². The van der Waals surface area contributed by atoms with Gasteiger partial charge in [0.1, 0.15) is 0 Å². The van der Waals surface area contributed by atoms with Crippen LogP contribution in [0.5, 0.6) is 0 Å². The van der Waals surface area contributed by atoms with Gasteiger partial charge in [0.05, 0.1) is 18.8 Å². The first kappa shape index (κ1) is 23.4. The maximum atomic E-state index is 10.9. The second-order valence-electron chi connectivity index (χ2n) is 11.5. The van der Waals surface area contributed by atoms with E-state index in [0.717, 1.165) is 19.6 Å². The molecule has 8 heteroatoms. The first-order valence-electron chi connectivity index (χ1n) is 13.0. The van der Waals surface area contributed by atoms with Gasteiger partial charge in [-0.3, -0.25) is 15.1 Å². The summed E-state index contributed by atoms with van der Waals surface area (Å²) in [6.45, 7) is 11.3. The van der Waals surface area contributed by atoms with Crippen molar-refractivity contribution in [2.75, 3.05) is 52.5 Å². The standard InChI is InChI=1S/C24H44N4O4/c1-3-32-22(30)27-12-8-24(15-27)13-19(14-24)26-10-6-18(7-11-26)20-5-4-9-28(20)21(29)25-23(2)16-31-17-23/h18-22,25,29-30H,3-17H2,1-2H3. The highest BCUT2D eigenvalue weighted by molar-refractivity contribution is 5.04. The second-order valence-corrected chi connectivity index (χ2v) is 11.5. The molecule has 0 radical (unpaired) electrons. The average molecular weight is 453 g/mol. The molecule has 3 atom stereocenters. The molecule has 0 aromatic rings. The van der Waals surface area contributed by atoms with E-state index in [2.05, 4.69) is 26.9 Å². The van der Waals surface area contributed by atoms with Gasteiger partial charge in [-0.15, -0.1) is 0 Å². The van der Waals surface area contributed by atoms with Crippen molar-refractivity contribution < 1.29 is 19.7 Å². The molecule has 1 saturated carbocycles. The Kier molecular flexibility index (Phi) is 6.87. The maximum Gasteiger partial charge on any atom is 0.216 e. The zero-order chi connectivity index (χ0) is 22.3. The average Bonchev–Trinajstić information content (AvgIpc) is 3.40. The first-order chi connectivity index (χ1) is 15.4. The van der Waals surface area contributed by atoms with Gasteiger partial charge in [0.2, 0.25) is 6.41 Å². The molecule has 4 aliphatic heterocycles. The zero-order valence-corrected chi connectivity index (χ0v) is 20.0. The van der Waals surface area contributed by atoms with Crippen LogP contribution in [-0.2, 0) is 9.47 Å². The van der Waals surface area contributed by atoms with E-state index in [-0.39, 0.29) is 5.54 Å².